The first-order valence-electron chi connectivity index (χ1n) is 7.16. The minimum absolute atomic E-state index is 0. The molecule has 0 rings (SSSR count). The lowest BCUT2D eigenvalue weighted by Gasteiger charge is -2.25. The smallest absolute Gasteiger partial charge is 0.279 e. The van der Waals surface area contributed by atoms with Crippen LogP contribution in [0, 0.1) is 11.8 Å². The van der Waals surface area contributed by atoms with Crippen LogP contribution < -0.4 is 10.5 Å². The molecule has 0 radical (unpaired) electrons. The summed E-state index contributed by atoms with van der Waals surface area (Å²) in [5, 5.41) is 0. The van der Waals surface area contributed by atoms with Gasteiger partial charge in [-0.15, -0.1) is 12.4 Å². The van der Waals surface area contributed by atoms with Crippen LogP contribution in [0.5, 0.6) is 0 Å². The fourth-order valence-corrected chi connectivity index (χ4v) is 2.98. The Hall–Kier alpha value is 0.120. The van der Waals surface area contributed by atoms with Crippen molar-refractivity contribution in [1.29, 1.82) is 0 Å². The van der Waals surface area contributed by atoms with Crippen LogP contribution in [-0.2, 0) is 10.2 Å². The minimum Gasteiger partial charge on any atom is -0.329 e. The van der Waals surface area contributed by atoms with Crippen molar-refractivity contribution in [1.82, 2.24) is 9.03 Å². The molecule has 3 N–H and O–H groups in total. The molecule has 0 fully saturated rings. The lowest BCUT2D eigenvalue weighted by atomic mass is 10.1. The molecule has 5 nitrogen and oxygen atoms in total. The maximum absolute atomic E-state index is 12.3. The van der Waals surface area contributed by atoms with Crippen molar-refractivity contribution >= 4 is 22.6 Å². The van der Waals surface area contributed by atoms with Crippen LogP contribution in [0.3, 0.4) is 0 Å². The molecule has 0 aromatic carbocycles. The Morgan fingerprint density at radius 3 is 1.70 bits per heavy atom. The van der Waals surface area contributed by atoms with Crippen molar-refractivity contribution in [2.75, 3.05) is 19.6 Å². The molecule has 0 heterocycles. The Balaban J connectivity index is 0. The van der Waals surface area contributed by atoms with E-state index >= 15 is 0 Å². The third-order valence-corrected chi connectivity index (χ3v) is 4.70. The number of rotatable bonds is 10. The van der Waals surface area contributed by atoms with Gasteiger partial charge in [-0.25, -0.2) is 0 Å². The molecule has 0 saturated carbocycles. The average molecular weight is 330 g/mol. The Bertz CT molecular complexity index is 323. The molecule has 0 amide bonds. The van der Waals surface area contributed by atoms with Crippen molar-refractivity contribution in [3.8, 4) is 0 Å². The van der Waals surface area contributed by atoms with Crippen LogP contribution in [0.15, 0.2) is 0 Å². The third kappa shape index (κ3) is 9.94. The summed E-state index contributed by atoms with van der Waals surface area (Å²) in [5.74, 6) is 0.979. The van der Waals surface area contributed by atoms with Gasteiger partial charge in [-0.2, -0.15) is 17.4 Å². The fourth-order valence-electron chi connectivity index (χ4n) is 1.53. The maximum Gasteiger partial charge on any atom is 0.279 e. The monoisotopic (exact) mass is 329 g/mol. The predicted molar refractivity (Wildman–Crippen MR) is 88.3 cm³/mol. The molecule has 0 aromatic heterocycles. The Labute approximate surface area is 131 Å². The van der Waals surface area contributed by atoms with Crippen LogP contribution in [0.1, 0.15) is 47.5 Å². The highest BCUT2D eigenvalue weighted by atomic mass is 35.5. The van der Waals surface area contributed by atoms with Gasteiger partial charge in [0, 0.05) is 25.7 Å². The molecule has 0 aliphatic carbocycles. The highest BCUT2D eigenvalue weighted by Crippen LogP contribution is 2.10. The Morgan fingerprint density at radius 2 is 1.40 bits per heavy atom. The van der Waals surface area contributed by atoms with Gasteiger partial charge in [-0.05, 0) is 31.6 Å². The molecule has 0 unspecified atom stereocenters. The lowest BCUT2D eigenvalue weighted by Crippen LogP contribution is -2.47. The normalized spacial score (nSPS) is 13.8. The molecule has 1 atom stereocenters. The molecule has 0 aliphatic heterocycles. The zero-order valence-electron chi connectivity index (χ0n) is 13.4. The second-order valence-corrected chi connectivity index (χ2v) is 7.73. The maximum atomic E-state index is 12.3. The number of nitrogens with one attached hydrogen (secondary N) is 1. The highest BCUT2D eigenvalue weighted by molar-refractivity contribution is 7.87. The molecule has 124 valence electrons. The van der Waals surface area contributed by atoms with Crippen LogP contribution >= 0.6 is 12.4 Å². The van der Waals surface area contributed by atoms with Gasteiger partial charge >= 0.3 is 0 Å². The van der Waals surface area contributed by atoms with E-state index < -0.39 is 10.2 Å². The van der Waals surface area contributed by atoms with Gasteiger partial charge in [0.1, 0.15) is 0 Å². The molecule has 0 bridgehead atoms. The fraction of sp³-hybridized carbons (Fsp3) is 1.00. The molecule has 0 aromatic rings. The molecule has 0 spiro atoms. The van der Waals surface area contributed by atoms with Gasteiger partial charge in [0.15, 0.2) is 0 Å². The van der Waals surface area contributed by atoms with Gasteiger partial charge in [0.05, 0.1) is 0 Å². The molecule has 20 heavy (non-hydrogen) atoms. The number of hydrogen-bond acceptors (Lipinski definition) is 3. The average Bonchev–Trinajstić information content (AvgIpc) is 2.26. The second kappa shape index (κ2) is 10.8. The van der Waals surface area contributed by atoms with E-state index in [9.17, 15) is 8.42 Å². The zero-order chi connectivity index (χ0) is 15.1. The van der Waals surface area contributed by atoms with Crippen molar-refractivity contribution in [2.45, 2.75) is 53.5 Å². The Kier molecular flexibility index (Phi) is 12.1. The molecular weight excluding hydrogens is 298 g/mol. The van der Waals surface area contributed by atoms with E-state index in [-0.39, 0.29) is 18.4 Å². The van der Waals surface area contributed by atoms with Gasteiger partial charge in [-0.1, -0.05) is 27.7 Å². The lowest BCUT2D eigenvalue weighted by molar-refractivity contribution is 0.350. The standard InChI is InChI=1S/C13H31N3O2S.ClH/c1-11(2)6-8-16(9-7-12(3)4)19(17,18)15-13(5)10-14;/h11-13,15H,6-10,14H2,1-5H3;1H/t13-;/m0./s1. The third-order valence-electron chi connectivity index (χ3n) is 2.96. The first-order valence-corrected chi connectivity index (χ1v) is 8.60. The van der Waals surface area contributed by atoms with Gasteiger partial charge in [-0.3, -0.25) is 0 Å². The predicted octanol–water partition coefficient (Wildman–Crippen LogP) is 1.98. The van der Waals surface area contributed by atoms with E-state index in [0.29, 0.717) is 31.5 Å². The van der Waals surface area contributed by atoms with Crippen molar-refractivity contribution in [3.63, 3.8) is 0 Å². The topological polar surface area (TPSA) is 75.4 Å². The van der Waals surface area contributed by atoms with Crippen molar-refractivity contribution < 1.29 is 8.42 Å². The van der Waals surface area contributed by atoms with E-state index in [2.05, 4.69) is 32.4 Å². The molecular formula is C13H32ClN3O2S. The first kappa shape index (κ1) is 22.4. The van der Waals surface area contributed by atoms with E-state index in [0.717, 1.165) is 12.8 Å². The largest absolute Gasteiger partial charge is 0.329 e. The number of nitrogens with zero attached hydrogens (tertiary/aromatic N) is 1. The van der Waals surface area contributed by atoms with Crippen LogP contribution in [0.25, 0.3) is 0 Å². The summed E-state index contributed by atoms with van der Waals surface area (Å²) in [7, 11) is -3.42. The van der Waals surface area contributed by atoms with E-state index in [1.54, 1.807) is 11.2 Å². The van der Waals surface area contributed by atoms with E-state index in [4.69, 9.17) is 5.73 Å². The Morgan fingerprint density at radius 1 is 1.00 bits per heavy atom. The van der Waals surface area contributed by atoms with Crippen molar-refractivity contribution in [3.05, 3.63) is 0 Å². The summed E-state index contributed by atoms with van der Waals surface area (Å²) < 4.78 is 28.8. The highest BCUT2D eigenvalue weighted by Gasteiger charge is 2.23. The van der Waals surface area contributed by atoms with Crippen LogP contribution in [-0.4, -0.2) is 38.4 Å². The number of nitrogens with two attached hydrogens (primary N) is 1. The zero-order valence-corrected chi connectivity index (χ0v) is 15.1. The number of hydrogen-bond donors (Lipinski definition) is 2. The summed E-state index contributed by atoms with van der Waals surface area (Å²) in [6.45, 7) is 11.6. The molecule has 7 heteroatoms. The minimum atomic E-state index is -3.42. The van der Waals surface area contributed by atoms with Crippen LogP contribution in [0.2, 0.25) is 0 Å². The second-order valence-electron chi connectivity index (χ2n) is 6.02. The summed E-state index contributed by atoms with van der Waals surface area (Å²) >= 11 is 0. The molecule has 0 aliphatic rings. The van der Waals surface area contributed by atoms with Crippen LogP contribution in [0.4, 0.5) is 0 Å². The summed E-state index contributed by atoms with van der Waals surface area (Å²) in [5.41, 5.74) is 5.48. The first-order chi connectivity index (χ1) is 8.69. The number of halogens is 1. The van der Waals surface area contributed by atoms with Gasteiger partial charge in [0.2, 0.25) is 0 Å². The van der Waals surface area contributed by atoms with Crippen molar-refractivity contribution in [2.24, 2.45) is 17.6 Å². The summed E-state index contributed by atoms with van der Waals surface area (Å²) in [4.78, 5) is 0. The quantitative estimate of drug-likeness (QED) is 0.643. The van der Waals surface area contributed by atoms with Gasteiger partial charge in [0.25, 0.3) is 10.2 Å². The van der Waals surface area contributed by atoms with E-state index in [1.165, 1.54) is 0 Å². The molecule has 0 saturated heterocycles. The van der Waals surface area contributed by atoms with Gasteiger partial charge < -0.3 is 5.73 Å². The van der Waals surface area contributed by atoms with E-state index in [1.807, 2.05) is 0 Å². The summed E-state index contributed by atoms with van der Waals surface area (Å²) in [6.07, 6.45) is 1.74. The SMILES string of the molecule is CC(C)CCN(CCC(C)C)S(=O)(=O)N[C@@H](C)CN.Cl. The summed E-state index contributed by atoms with van der Waals surface area (Å²) in [6, 6.07) is -0.231.